The lowest BCUT2D eigenvalue weighted by molar-refractivity contribution is -0.870. The van der Waals surface area contributed by atoms with E-state index in [0.717, 1.165) is 77.0 Å². The third-order valence-electron chi connectivity index (χ3n) is 15.1. The van der Waals surface area contributed by atoms with Crippen molar-refractivity contribution in [3.63, 3.8) is 0 Å². The Labute approximate surface area is 502 Å². The monoisotopic (exact) mass is 1150 g/mol. The van der Waals surface area contributed by atoms with Crippen molar-refractivity contribution in [2.75, 3.05) is 40.9 Å². The molecule has 0 spiro atoms. The lowest BCUT2D eigenvalue weighted by Gasteiger charge is -2.30. The molecule has 9 nitrogen and oxygen atoms in total. The smallest absolute Gasteiger partial charge is 0.306 e. The van der Waals surface area contributed by atoms with Crippen molar-refractivity contribution in [1.82, 2.24) is 5.32 Å². The lowest BCUT2D eigenvalue weighted by Crippen LogP contribution is -2.47. The quantitative estimate of drug-likeness (QED) is 0.0212. The van der Waals surface area contributed by atoms with Gasteiger partial charge in [-0.15, -0.1) is 0 Å². The number of carbonyl (C=O) groups is 2. The summed E-state index contributed by atoms with van der Waals surface area (Å²) in [6.07, 6.45) is 78.8. The minimum Gasteiger partial charge on any atom is -0.756 e. The summed E-state index contributed by atoms with van der Waals surface area (Å²) >= 11 is 0. The van der Waals surface area contributed by atoms with Gasteiger partial charge in [-0.25, -0.2) is 0 Å². The Bertz CT molecular complexity index is 1620. The van der Waals surface area contributed by atoms with Crippen LogP contribution in [0.2, 0.25) is 0 Å². The summed E-state index contributed by atoms with van der Waals surface area (Å²) in [7, 11) is 1.17. The van der Waals surface area contributed by atoms with Crippen LogP contribution >= 0.6 is 7.82 Å². The molecule has 0 rings (SSSR count). The van der Waals surface area contributed by atoms with Gasteiger partial charge in [-0.1, -0.05) is 274 Å². The van der Waals surface area contributed by atoms with Crippen LogP contribution < -0.4 is 10.2 Å². The molecule has 0 aromatic carbocycles. The number of ether oxygens (including phenoxy) is 1. The molecular formula is C71H131N2O7P. The molecule has 1 amide bonds. The second-order valence-corrected chi connectivity index (χ2v) is 25.7. The highest BCUT2D eigenvalue weighted by atomic mass is 31.2. The number of amides is 1. The number of allylic oxidation sites excluding steroid dienone is 11. The zero-order valence-electron chi connectivity index (χ0n) is 54.0. The number of esters is 1. The van der Waals surface area contributed by atoms with E-state index in [1.807, 2.05) is 33.3 Å². The Morgan fingerprint density at radius 1 is 0.432 bits per heavy atom. The minimum absolute atomic E-state index is 0.0288. The zero-order valence-corrected chi connectivity index (χ0v) is 54.9. The SMILES string of the molecule is CCCCC/C=C\C/C=C\C/C=C\C/C=C\CCCCCC(=O)OC(/C=C\CCCCCCCCCCC)C(COP(=O)([O-])OCC[N+](C)(C)C)NC(=O)CCCCCCCCCCCCCCCCC/C=C/CCCCCCCC. The molecule has 10 heteroatoms. The highest BCUT2D eigenvalue weighted by Crippen LogP contribution is 2.38. The first kappa shape index (κ1) is 78.5. The fraction of sp³-hybridized carbons (Fsp3) is 0.803. The molecule has 3 unspecified atom stereocenters. The van der Waals surface area contributed by atoms with Gasteiger partial charge in [-0.3, -0.25) is 14.2 Å². The van der Waals surface area contributed by atoms with Crippen LogP contribution in [0.1, 0.15) is 316 Å². The second kappa shape index (κ2) is 60.6. The van der Waals surface area contributed by atoms with E-state index in [1.54, 1.807) is 0 Å². The highest BCUT2D eigenvalue weighted by molar-refractivity contribution is 7.45. The van der Waals surface area contributed by atoms with Crippen LogP contribution in [0, 0.1) is 0 Å². The molecule has 0 heterocycles. The molecule has 0 fully saturated rings. The Kier molecular flexibility index (Phi) is 58.7. The summed E-state index contributed by atoms with van der Waals surface area (Å²) in [5.74, 6) is -0.570. The standard InChI is InChI=1S/C71H131N2O7P/c1-7-10-13-16-19-22-25-27-29-31-33-34-35-36-37-38-40-41-43-45-48-51-54-57-60-63-70(74)72-68(67-79-81(76,77)78-66-65-73(4,5)6)69(62-59-56-53-50-47-24-21-18-15-12-9-3)80-71(75)64-61-58-55-52-49-46-44-42-39-32-30-28-26-23-20-17-14-11-8-2/h20,23,27-30,39,42,46,49,59,62,68-69H,7-19,21-22,24-26,31-38,40-41,43-45,47-48,50-58,60-61,63-67H2,1-6H3,(H-,72,74,76,77)/b23-20-,29-27+,30-28-,42-39-,49-46-,62-59-. The van der Waals surface area contributed by atoms with Crippen LogP contribution in [0.3, 0.4) is 0 Å². The van der Waals surface area contributed by atoms with Gasteiger partial charge in [-0.2, -0.15) is 0 Å². The van der Waals surface area contributed by atoms with E-state index in [1.165, 1.54) is 199 Å². The number of hydrogen-bond donors (Lipinski definition) is 1. The topological polar surface area (TPSA) is 114 Å². The van der Waals surface area contributed by atoms with Crippen molar-refractivity contribution in [2.24, 2.45) is 0 Å². The number of nitrogens with one attached hydrogen (secondary N) is 1. The number of nitrogens with zero attached hydrogens (tertiary/aromatic N) is 1. The van der Waals surface area contributed by atoms with E-state index in [9.17, 15) is 19.0 Å². The Morgan fingerprint density at radius 2 is 0.753 bits per heavy atom. The first-order valence-electron chi connectivity index (χ1n) is 34.2. The first-order chi connectivity index (χ1) is 39.4. The summed E-state index contributed by atoms with van der Waals surface area (Å²) in [6.45, 7) is 6.81. The largest absolute Gasteiger partial charge is 0.756 e. The molecule has 0 aromatic rings. The number of hydrogen-bond acceptors (Lipinski definition) is 7. The van der Waals surface area contributed by atoms with Gasteiger partial charge >= 0.3 is 5.97 Å². The van der Waals surface area contributed by atoms with Crippen molar-refractivity contribution in [2.45, 2.75) is 328 Å². The van der Waals surface area contributed by atoms with Gasteiger partial charge in [0.2, 0.25) is 5.91 Å². The molecule has 0 aliphatic heterocycles. The van der Waals surface area contributed by atoms with Crippen molar-refractivity contribution >= 4 is 19.7 Å². The Hall–Kier alpha value is -2.55. The molecule has 0 bridgehead atoms. The third kappa shape index (κ3) is 61.8. The Balaban J connectivity index is 5.09. The molecule has 81 heavy (non-hydrogen) atoms. The summed E-state index contributed by atoms with van der Waals surface area (Å²) < 4.78 is 30.4. The van der Waals surface area contributed by atoms with E-state index >= 15 is 0 Å². The van der Waals surface area contributed by atoms with Crippen molar-refractivity contribution in [1.29, 1.82) is 0 Å². The number of phosphoric ester groups is 1. The number of carbonyl (C=O) groups excluding carboxylic acids is 2. The second-order valence-electron chi connectivity index (χ2n) is 24.3. The zero-order chi connectivity index (χ0) is 59.3. The number of likely N-dealkylation sites (N-methyl/N-ethyl adjacent to an activating group) is 1. The molecule has 0 aliphatic rings. The number of phosphoric acid groups is 1. The van der Waals surface area contributed by atoms with Crippen molar-refractivity contribution < 1.29 is 37.3 Å². The van der Waals surface area contributed by atoms with E-state index in [0.29, 0.717) is 23.9 Å². The van der Waals surface area contributed by atoms with Gasteiger partial charge in [0, 0.05) is 12.8 Å². The molecule has 0 aliphatic carbocycles. The van der Waals surface area contributed by atoms with Gasteiger partial charge in [-0.05, 0) is 102 Å². The van der Waals surface area contributed by atoms with Crippen LogP contribution in [0.5, 0.6) is 0 Å². The minimum atomic E-state index is -4.71. The van der Waals surface area contributed by atoms with E-state index in [-0.39, 0.29) is 24.9 Å². The highest BCUT2D eigenvalue weighted by Gasteiger charge is 2.27. The van der Waals surface area contributed by atoms with Crippen LogP contribution in [0.15, 0.2) is 72.9 Å². The maximum atomic E-state index is 13.6. The van der Waals surface area contributed by atoms with Gasteiger partial charge in [0.15, 0.2) is 0 Å². The maximum absolute atomic E-state index is 13.6. The molecule has 0 aromatic heterocycles. The Morgan fingerprint density at radius 3 is 1.17 bits per heavy atom. The summed E-state index contributed by atoms with van der Waals surface area (Å²) in [5.41, 5.74) is 0. The van der Waals surface area contributed by atoms with Gasteiger partial charge in [0.1, 0.15) is 19.3 Å². The number of unbranched alkanes of at least 4 members (excludes halogenated alkanes) is 36. The first-order valence-corrected chi connectivity index (χ1v) is 35.7. The lowest BCUT2D eigenvalue weighted by atomic mass is 10.0. The van der Waals surface area contributed by atoms with Crippen molar-refractivity contribution in [3.8, 4) is 0 Å². The summed E-state index contributed by atoms with van der Waals surface area (Å²) in [5, 5.41) is 3.03. The molecule has 472 valence electrons. The average molecular weight is 1160 g/mol. The van der Waals surface area contributed by atoms with Crippen molar-refractivity contribution in [3.05, 3.63) is 72.9 Å². The summed E-state index contributed by atoms with van der Waals surface area (Å²) in [6, 6.07) is -0.903. The van der Waals surface area contributed by atoms with Crippen LogP contribution in [0.4, 0.5) is 0 Å². The van der Waals surface area contributed by atoms with Crippen LogP contribution in [-0.2, 0) is 27.9 Å². The predicted octanol–water partition coefficient (Wildman–Crippen LogP) is 20.9. The molecule has 3 atom stereocenters. The van der Waals surface area contributed by atoms with Gasteiger partial charge in [0.05, 0.1) is 33.8 Å². The number of quaternary nitrogens is 1. The molecule has 1 N–H and O–H groups in total. The van der Waals surface area contributed by atoms with Crippen LogP contribution in [-0.4, -0.2) is 69.4 Å². The molecular weight excluding hydrogens is 1020 g/mol. The molecule has 0 saturated carbocycles. The fourth-order valence-electron chi connectivity index (χ4n) is 9.80. The van der Waals surface area contributed by atoms with Gasteiger partial charge in [0.25, 0.3) is 7.82 Å². The fourth-order valence-corrected chi connectivity index (χ4v) is 10.5. The normalized spacial score (nSPS) is 14.0. The van der Waals surface area contributed by atoms with E-state index < -0.39 is 26.6 Å². The average Bonchev–Trinajstić information content (AvgIpc) is 3.44. The van der Waals surface area contributed by atoms with Gasteiger partial charge < -0.3 is 28.5 Å². The van der Waals surface area contributed by atoms with Crippen LogP contribution in [0.25, 0.3) is 0 Å². The molecule has 0 saturated heterocycles. The summed E-state index contributed by atoms with van der Waals surface area (Å²) in [4.78, 5) is 40.1. The maximum Gasteiger partial charge on any atom is 0.306 e. The number of rotatable bonds is 62. The van der Waals surface area contributed by atoms with E-state index in [2.05, 4.69) is 86.8 Å². The predicted molar refractivity (Wildman–Crippen MR) is 348 cm³/mol. The molecule has 0 radical (unpaired) electrons. The van der Waals surface area contributed by atoms with E-state index in [4.69, 9.17) is 13.8 Å². The third-order valence-corrected chi connectivity index (χ3v) is 16.1.